The summed E-state index contributed by atoms with van der Waals surface area (Å²) < 4.78 is 13.4. The van der Waals surface area contributed by atoms with Gasteiger partial charge >= 0.3 is 0 Å². The molecule has 1 atom stereocenters. The van der Waals surface area contributed by atoms with Gasteiger partial charge in [0.05, 0.1) is 5.52 Å². The lowest BCUT2D eigenvalue weighted by molar-refractivity contribution is -0.117. The maximum absolute atomic E-state index is 13.4. The molecule has 0 saturated heterocycles. The Balaban J connectivity index is 2.46. The number of aromatic amines is 1. The Morgan fingerprint density at radius 1 is 1.50 bits per heavy atom. The number of hydrogen-bond acceptors (Lipinski definition) is 1. The molecular weight excluding hydrogens is 205 g/mol. The van der Waals surface area contributed by atoms with Crippen molar-refractivity contribution in [2.45, 2.75) is 26.2 Å². The Bertz CT molecular complexity index is 530. The van der Waals surface area contributed by atoms with E-state index < -0.39 is 0 Å². The summed E-state index contributed by atoms with van der Waals surface area (Å²) in [5.74, 6) is 0.0186. The molecule has 1 aromatic carbocycles. The monoisotopic (exact) mass is 219 g/mol. The zero-order valence-electron chi connectivity index (χ0n) is 9.38. The zero-order valence-corrected chi connectivity index (χ0v) is 9.38. The molecule has 0 bridgehead atoms. The highest BCUT2D eigenvalue weighted by Gasteiger charge is 2.14. The molecule has 0 aliphatic heterocycles. The summed E-state index contributed by atoms with van der Waals surface area (Å²) in [4.78, 5) is 14.0. The Hall–Kier alpha value is -1.64. The second kappa shape index (κ2) is 4.08. The van der Waals surface area contributed by atoms with E-state index in [2.05, 4.69) is 4.98 Å². The quantitative estimate of drug-likeness (QED) is 0.843. The van der Waals surface area contributed by atoms with Gasteiger partial charge in [0.1, 0.15) is 11.6 Å². The Morgan fingerprint density at radius 3 is 2.94 bits per heavy atom. The molecule has 2 rings (SSSR count). The maximum Gasteiger partial charge on any atom is 0.147 e. The van der Waals surface area contributed by atoms with Crippen molar-refractivity contribution in [2.75, 3.05) is 0 Å². The minimum absolute atomic E-state index is 0.119. The molecule has 84 valence electrons. The van der Waals surface area contributed by atoms with Crippen LogP contribution in [0.3, 0.4) is 0 Å². The van der Waals surface area contributed by atoms with Gasteiger partial charge in [0.25, 0.3) is 0 Å². The third kappa shape index (κ3) is 1.85. The molecule has 1 aromatic heterocycles. The number of halogens is 1. The topological polar surface area (TPSA) is 32.9 Å². The van der Waals surface area contributed by atoms with Crippen LogP contribution in [0, 0.1) is 5.82 Å². The second-order valence-corrected chi connectivity index (χ2v) is 4.21. The van der Waals surface area contributed by atoms with Crippen LogP contribution < -0.4 is 0 Å². The van der Waals surface area contributed by atoms with Gasteiger partial charge in [-0.15, -0.1) is 0 Å². The molecule has 2 nitrogen and oxygen atoms in total. The lowest BCUT2D eigenvalue weighted by Gasteiger charge is -2.07. The fourth-order valence-electron chi connectivity index (χ4n) is 2.09. The van der Waals surface area contributed by atoms with Crippen molar-refractivity contribution in [1.29, 1.82) is 0 Å². The van der Waals surface area contributed by atoms with Crippen LogP contribution in [0.15, 0.2) is 24.4 Å². The minimum atomic E-state index is -0.251. The third-order valence-electron chi connectivity index (χ3n) is 2.82. The highest BCUT2D eigenvalue weighted by Crippen LogP contribution is 2.28. The molecule has 16 heavy (non-hydrogen) atoms. The van der Waals surface area contributed by atoms with Gasteiger partial charge in [-0.1, -0.05) is 19.1 Å². The number of para-hydroxylation sites is 1. The first kappa shape index (κ1) is 10.9. The van der Waals surface area contributed by atoms with Crippen molar-refractivity contribution in [1.82, 2.24) is 4.98 Å². The van der Waals surface area contributed by atoms with Crippen LogP contribution in [0.4, 0.5) is 4.39 Å². The van der Waals surface area contributed by atoms with E-state index in [1.165, 1.54) is 6.07 Å². The summed E-state index contributed by atoms with van der Waals surface area (Å²) in [5.41, 5.74) is 1.53. The standard InChI is InChI=1S/C13H14FNO/c1-8(6-9(2)16)11-7-15-13-10(11)4-3-5-12(13)14/h3-5,7-8,15H,6H2,1-2H3. The van der Waals surface area contributed by atoms with Gasteiger partial charge < -0.3 is 9.78 Å². The molecule has 0 radical (unpaired) electrons. The largest absolute Gasteiger partial charge is 0.359 e. The van der Waals surface area contributed by atoms with Crippen LogP contribution in [-0.4, -0.2) is 10.8 Å². The number of carbonyl (C=O) groups is 1. The van der Waals surface area contributed by atoms with Crippen LogP contribution in [0.2, 0.25) is 0 Å². The van der Waals surface area contributed by atoms with E-state index in [9.17, 15) is 9.18 Å². The van der Waals surface area contributed by atoms with Crippen LogP contribution in [0.25, 0.3) is 10.9 Å². The van der Waals surface area contributed by atoms with Gasteiger partial charge in [-0.25, -0.2) is 4.39 Å². The Kier molecular flexibility index (Phi) is 2.77. The number of H-pyrrole nitrogens is 1. The van der Waals surface area contributed by atoms with Crippen LogP contribution in [0.1, 0.15) is 31.7 Å². The average molecular weight is 219 g/mol. The van der Waals surface area contributed by atoms with Crippen molar-refractivity contribution in [2.24, 2.45) is 0 Å². The van der Waals surface area contributed by atoms with E-state index in [1.54, 1.807) is 19.2 Å². The second-order valence-electron chi connectivity index (χ2n) is 4.21. The minimum Gasteiger partial charge on any atom is -0.359 e. The fourth-order valence-corrected chi connectivity index (χ4v) is 2.09. The first-order valence-electron chi connectivity index (χ1n) is 5.34. The van der Waals surface area contributed by atoms with Gasteiger partial charge in [0.2, 0.25) is 0 Å². The van der Waals surface area contributed by atoms with Crippen LogP contribution in [-0.2, 0) is 4.79 Å². The maximum atomic E-state index is 13.4. The summed E-state index contributed by atoms with van der Waals surface area (Å²) >= 11 is 0. The predicted molar refractivity (Wildman–Crippen MR) is 62.0 cm³/mol. The molecule has 1 unspecified atom stereocenters. The average Bonchev–Trinajstić information content (AvgIpc) is 2.61. The van der Waals surface area contributed by atoms with Crippen LogP contribution in [0.5, 0.6) is 0 Å². The molecular formula is C13H14FNO. The summed E-state index contributed by atoms with van der Waals surface area (Å²) in [7, 11) is 0. The van der Waals surface area contributed by atoms with Crippen molar-refractivity contribution >= 4 is 16.7 Å². The van der Waals surface area contributed by atoms with E-state index in [0.717, 1.165) is 10.9 Å². The number of carbonyl (C=O) groups excluding carboxylic acids is 1. The lowest BCUT2D eigenvalue weighted by atomic mass is 9.96. The van der Waals surface area contributed by atoms with E-state index in [4.69, 9.17) is 0 Å². The molecule has 0 aliphatic carbocycles. The third-order valence-corrected chi connectivity index (χ3v) is 2.82. The molecule has 1 N–H and O–H groups in total. The van der Waals surface area contributed by atoms with E-state index in [-0.39, 0.29) is 17.5 Å². The Labute approximate surface area is 93.5 Å². The Morgan fingerprint density at radius 2 is 2.25 bits per heavy atom. The zero-order chi connectivity index (χ0) is 11.7. The highest BCUT2D eigenvalue weighted by atomic mass is 19.1. The normalized spacial score (nSPS) is 12.9. The molecule has 0 amide bonds. The number of nitrogens with one attached hydrogen (secondary N) is 1. The lowest BCUT2D eigenvalue weighted by Crippen LogP contribution is -1.99. The summed E-state index contributed by atoms with van der Waals surface area (Å²) in [6.07, 6.45) is 2.28. The SMILES string of the molecule is CC(=O)CC(C)c1c[nH]c2c(F)cccc12. The van der Waals surface area contributed by atoms with Crippen molar-refractivity contribution in [3.63, 3.8) is 0 Å². The number of ketones is 1. The number of benzene rings is 1. The van der Waals surface area contributed by atoms with E-state index in [1.807, 2.05) is 13.0 Å². The summed E-state index contributed by atoms with van der Waals surface area (Å²) in [6, 6.07) is 4.99. The van der Waals surface area contributed by atoms with Crippen molar-refractivity contribution in [3.8, 4) is 0 Å². The number of aromatic nitrogens is 1. The number of Topliss-reactive ketones (excluding diaryl/α,β-unsaturated/α-hetero) is 1. The predicted octanol–water partition coefficient (Wildman–Crippen LogP) is 3.39. The van der Waals surface area contributed by atoms with Gasteiger partial charge in [-0.2, -0.15) is 0 Å². The number of rotatable bonds is 3. The molecule has 2 aromatic rings. The number of fused-ring (bicyclic) bond motifs is 1. The molecule has 0 aliphatic rings. The molecule has 0 spiro atoms. The molecule has 1 heterocycles. The number of hydrogen-bond donors (Lipinski definition) is 1. The first-order valence-corrected chi connectivity index (χ1v) is 5.34. The molecule has 3 heteroatoms. The molecule has 0 fully saturated rings. The first-order chi connectivity index (χ1) is 7.59. The van der Waals surface area contributed by atoms with Gasteiger partial charge in [0, 0.05) is 18.0 Å². The van der Waals surface area contributed by atoms with E-state index >= 15 is 0 Å². The fraction of sp³-hybridized carbons (Fsp3) is 0.308. The highest BCUT2D eigenvalue weighted by molar-refractivity contribution is 5.85. The van der Waals surface area contributed by atoms with Crippen molar-refractivity contribution in [3.05, 3.63) is 35.8 Å². The van der Waals surface area contributed by atoms with Gasteiger partial charge in [-0.3, -0.25) is 0 Å². The van der Waals surface area contributed by atoms with E-state index in [0.29, 0.717) is 11.9 Å². The smallest absolute Gasteiger partial charge is 0.147 e. The van der Waals surface area contributed by atoms with Gasteiger partial charge in [-0.05, 0) is 24.5 Å². The summed E-state index contributed by atoms with van der Waals surface area (Å²) in [6.45, 7) is 3.56. The summed E-state index contributed by atoms with van der Waals surface area (Å²) in [5, 5.41) is 0.869. The van der Waals surface area contributed by atoms with Crippen molar-refractivity contribution < 1.29 is 9.18 Å². The van der Waals surface area contributed by atoms with Gasteiger partial charge in [0.15, 0.2) is 0 Å². The van der Waals surface area contributed by atoms with Crippen LogP contribution >= 0.6 is 0 Å². The molecule has 0 saturated carbocycles.